The van der Waals surface area contributed by atoms with Crippen molar-refractivity contribution >= 4 is 21.8 Å². The molecule has 3 atom stereocenters. The Kier molecular flexibility index (Phi) is 16.6. The Morgan fingerprint density at radius 2 is 1.52 bits per heavy atom. The Bertz CT molecular complexity index is 1590. The highest BCUT2D eigenvalue weighted by Crippen LogP contribution is 2.18. The lowest BCUT2D eigenvalue weighted by Gasteiger charge is -2.28. The van der Waals surface area contributed by atoms with Crippen molar-refractivity contribution in [2.75, 3.05) is 26.0 Å². The van der Waals surface area contributed by atoms with Crippen LogP contribution >= 0.6 is 0 Å². The molecule has 0 aromatic heterocycles. The molecule has 3 aromatic rings. The molecule has 0 fully saturated rings. The first kappa shape index (κ1) is 40.4. The molecular weight excluding hydrogens is 668 g/mol. The van der Waals surface area contributed by atoms with E-state index in [1.54, 1.807) is 37.4 Å². The molecule has 0 saturated heterocycles. The third-order valence-corrected chi connectivity index (χ3v) is 10.5. The number of nitrogens with one attached hydrogen (secondary N) is 3. The summed E-state index contributed by atoms with van der Waals surface area (Å²) in [4.78, 5) is 26.7. The van der Waals surface area contributed by atoms with Gasteiger partial charge in [-0.1, -0.05) is 69.2 Å². The second kappa shape index (κ2) is 20.6. The van der Waals surface area contributed by atoms with Crippen LogP contribution in [0.3, 0.4) is 0 Å². The summed E-state index contributed by atoms with van der Waals surface area (Å²) >= 11 is 0. The van der Waals surface area contributed by atoms with Crippen molar-refractivity contribution in [1.29, 1.82) is 0 Å². The van der Waals surface area contributed by atoms with E-state index in [0.717, 1.165) is 17.7 Å². The molecule has 1 unspecified atom stereocenters. The van der Waals surface area contributed by atoms with E-state index in [1.165, 1.54) is 0 Å². The lowest BCUT2D eigenvalue weighted by molar-refractivity contribution is -0.124. The molecule has 2 amide bonds. The van der Waals surface area contributed by atoms with Crippen LogP contribution < -0.4 is 20.7 Å². The van der Waals surface area contributed by atoms with Crippen molar-refractivity contribution in [3.63, 3.8) is 0 Å². The Labute approximate surface area is 293 Å². The Balaban J connectivity index is 1.81. The number of aliphatic hydroxyl groups is 1. The van der Waals surface area contributed by atoms with Gasteiger partial charge in [0.15, 0.2) is 9.84 Å². The van der Waals surface area contributed by atoms with Gasteiger partial charge in [-0.15, -0.1) is 0 Å². The smallest absolute Gasteiger partial charge is 0.408 e. The summed E-state index contributed by atoms with van der Waals surface area (Å²) in [5.41, 5.74) is 1.84. The number of ether oxygens (including phenoxy) is 2. The zero-order valence-corrected chi connectivity index (χ0v) is 29.7. The minimum Gasteiger partial charge on any atom is -0.497 e. The van der Waals surface area contributed by atoms with Crippen molar-refractivity contribution < 1.29 is 41.4 Å². The summed E-state index contributed by atoms with van der Waals surface area (Å²) in [5, 5.41) is 18.7. The normalized spacial score (nSPS) is 13.3. The fourth-order valence-electron chi connectivity index (χ4n) is 5.61. The second-order valence-corrected chi connectivity index (χ2v) is 14.6. The van der Waals surface area contributed by atoms with Gasteiger partial charge in [0.1, 0.15) is 30.0 Å². The quantitative estimate of drug-likeness (QED) is 0.114. The number of hydrogen-bond acceptors (Lipinski definition) is 8. The van der Waals surface area contributed by atoms with Gasteiger partial charge in [-0.05, 0) is 73.2 Å². The molecule has 10 nitrogen and oxygen atoms in total. The SMILES string of the molecule is CCCC(CCC)S(=O)(=O)CC(NC(=O)OCc1ccccc1)C(=O)N[C@@H](Cc1cc(F)cc(F)c1)[C@H](O)CNCCc1cccc(OC)c1. The first-order chi connectivity index (χ1) is 23.9. The maximum Gasteiger partial charge on any atom is 0.408 e. The molecule has 0 bridgehead atoms. The molecule has 0 heterocycles. The average Bonchev–Trinajstić information content (AvgIpc) is 3.08. The van der Waals surface area contributed by atoms with E-state index in [0.29, 0.717) is 56.0 Å². The van der Waals surface area contributed by atoms with E-state index in [9.17, 15) is 31.9 Å². The minimum absolute atomic E-state index is 0.0166. The fourth-order valence-corrected chi connectivity index (χ4v) is 7.77. The molecule has 0 radical (unpaired) electrons. The van der Waals surface area contributed by atoms with Gasteiger partial charge in [-0.25, -0.2) is 22.0 Å². The zero-order chi connectivity index (χ0) is 36.5. The van der Waals surface area contributed by atoms with Crippen LogP contribution in [0.4, 0.5) is 13.6 Å². The number of hydrogen-bond donors (Lipinski definition) is 4. The summed E-state index contributed by atoms with van der Waals surface area (Å²) in [7, 11) is -2.32. The van der Waals surface area contributed by atoms with Crippen LogP contribution in [0, 0.1) is 11.6 Å². The van der Waals surface area contributed by atoms with E-state index < -0.39 is 62.7 Å². The van der Waals surface area contributed by atoms with Crippen molar-refractivity contribution in [2.45, 2.75) is 82.4 Å². The van der Waals surface area contributed by atoms with E-state index in [4.69, 9.17) is 9.47 Å². The first-order valence-electron chi connectivity index (χ1n) is 16.9. The van der Waals surface area contributed by atoms with Crippen LogP contribution in [0.15, 0.2) is 72.8 Å². The predicted molar refractivity (Wildman–Crippen MR) is 189 cm³/mol. The Morgan fingerprint density at radius 3 is 2.16 bits per heavy atom. The summed E-state index contributed by atoms with van der Waals surface area (Å²) in [6.45, 7) is 4.06. The van der Waals surface area contributed by atoms with Crippen LogP contribution in [-0.2, 0) is 38.8 Å². The fraction of sp³-hybridized carbons (Fsp3) is 0.459. The van der Waals surface area contributed by atoms with E-state index >= 15 is 0 Å². The highest BCUT2D eigenvalue weighted by molar-refractivity contribution is 7.92. The first-order valence-corrected chi connectivity index (χ1v) is 18.6. The second-order valence-electron chi connectivity index (χ2n) is 12.3. The number of carbonyl (C=O) groups excluding carboxylic acids is 2. The lowest BCUT2D eigenvalue weighted by atomic mass is 10.00. The van der Waals surface area contributed by atoms with E-state index in [-0.39, 0.29) is 25.1 Å². The molecule has 0 aliphatic heterocycles. The molecule has 0 saturated carbocycles. The van der Waals surface area contributed by atoms with Gasteiger partial charge in [-0.2, -0.15) is 0 Å². The van der Waals surface area contributed by atoms with Crippen LogP contribution in [0.5, 0.6) is 5.75 Å². The van der Waals surface area contributed by atoms with Gasteiger partial charge in [0.2, 0.25) is 5.91 Å². The van der Waals surface area contributed by atoms with Gasteiger partial charge >= 0.3 is 6.09 Å². The van der Waals surface area contributed by atoms with E-state index in [2.05, 4.69) is 16.0 Å². The minimum atomic E-state index is -3.89. The molecular formula is C37H49F2N3O7S. The number of rotatable bonds is 21. The predicted octanol–water partition coefficient (Wildman–Crippen LogP) is 4.87. The van der Waals surface area contributed by atoms with Gasteiger partial charge < -0.3 is 30.5 Å². The van der Waals surface area contributed by atoms with Crippen LogP contribution in [0.2, 0.25) is 0 Å². The van der Waals surface area contributed by atoms with Gasteiger partial charge in [0.05, 0.1) is 30.3 Å². The number of methoxy groups -OCH3 is 1. The van der Waals surface area contributed by atoms with Crippen molar-refractivity contribution in [2.24, 2.45) is 0 Å². The number of amides is 2. The summed E-state index contributed by atoms with van der Waals surface area (Å²) in [5.74, 6) is -2.56. The monoisotopic (exact) mass is 717 g/mol. The van der Waals surface area contributed by atoms with Crippen molar-refractivity contribution in [3.8, 4) is 5.75 Å². The molecule has 0 spiro atoms. The lowest BCUT2D eigenvalue weighted by Crippen LogP contribution is -2.57. The number of halogens is 2. The number of carbonyl (C=O) groups is 2. The maximum absolute atomic E-state index is 14.1. The highest BCUT2D eigenvalue weighted by Gasteiger charge is 2.34. The summed E-state index contributed by atoms with van der Waals surface area (Å²) in [6, 6.07) is 16.5. The molecule has 13 heteroatoms. The summed E-state index contributed by atoms with van der Waals surface area (Å²) < 4.78 is 66.0. The largest absolute Gasteiger partial charge is 0.497 e. The van der Waals surface area contributed by atoms with E-state index in [1.807, 2.05) is 38.1 Å². The zero-order valence-electron chi connectivity index (χ0n) is 28.9. The number of benzene rings is 3. The highest BCUT2D eigenvalue weighted by atomic mass is 32.2. The van der Waals surface area contributed by atoms with Gasteiger partial charge in [0, 0.05) is 12.6 Å². The van der Waals surface area contributed by atoms with Gasteiger partial charge in [0.25, 0.3) is 0 Å². The average molecular weight is 718 g/mol. The molecule has 4 N–H and O–H groups in total. The number of sulfone groups is 1. The van der Waals surface area contributed by atoms with Crippen LogP contribution in [-0.4, -0.2) is 74.9 Å². The molecule has 50 heavy (non-hydrogen) atoms. The topological polar surface area (TPSA) is 143 Å². The third-order valence-electron chi connectivity index (χ3n) is 8.20. The van der Waals surface area contributed by atoms with Crippen molar-refractivity contribution in [3.05, 3.63) is 101 Å². The molecule has 0 aliphatic carbocycles. The summed E-state index contributed by atoms with van der Waals surface area (Å²) in [6.07, 6.45) is 0.120. The number of aliphatic hydroxyl groups excluding tert-OH is 1. The Morgan fingerprint density at radius 1 is 0.860 bits per heavy atom. The molecule has 0 aliphatic rings. The molecule has 3 aromatic carbocycles. The molecule has 274 valence electrons. The van der Waals surface area contributed by atoms with Crippen LogP contribution in [0.25, 0.3) is 0 Å². The third kappa shape index (κ3) is 13.7. The number of alkyl carbamates (subject to hydrolysis) is 1. The van der Waals surface area contributed by atoms with Gasteiger partial charge in [-0.3, -0.25) is 4.79 Å². The van der Waals surface area contributed by atoms with Crippen LogP contribution in [0.1, 0.15) is 56.2 Å². The standard InChI is InChI=1S/C37H49F2N3O7S/c1-4-10-32(11-5-2)50(46,47)25-34(42-37(45)49-24-27-12-7-6-8-13-27)36(44)41-33(21-28-18-29(38)22-30(39)19-28)35(43)23-40-17-16-26-14-9-15-31(20-26)48-3/h6-9,12-15,18-20,22,32-35,40,43H,4-5,10-11,16-17,21,23-25H2,1-3H3,(H,41,44)(H,42,45)/t33-,34?,35+/m0/s1. The maximum atomic E-state index is 14.1. The Hall–Kier alpha value is -4.07. The van der Waals surface area contributed by atoms with Crippen molar-refractivity contribution in [1.82, 2.24) is 16.0 Å². The molecule has 3 rings (SSSR count).